The van der Waals surface area contributed by atoms with E-state index in [4.69, 9.17) is 37.0 Å². The number of carbonyl (C=O) groups excluding carboxylic acids is 7. The number of hydrogen-bond donors (Lipinski definition) is 4. The first kappa shape index (κ1) is 103. The first-order valence-electron chi connectivity index (χ1n) is 38.6. The van der Waals surface area contributed by atoms with Crippen LogP contribution in [0.3, 0.4) is 0 Å². The average Bonchev–Trinajstić information content (AvgIpc) is 0.957. The Kier molecular flexibility index (Phi) is 75.2. The molecule has 0 bridgehead atoms. The summed E-state index contributed by atoms with van der Waals surface area (Å²) in [6, 6.07) is -2.86. The third-order valence-electron chi connectivity index (χ3n) is 16.9. The quantitative estimate of drug-likeness (QED) is 0.0145. The molecule has 0 aromatic rings. The fourth-order valence-corrected chi connectivity index (χ4v) is 12.7. The van der Waals surface area contributed by atoms with E-state index in [1.54, 1.807) is 0 Å². The zero-order valence-corrected chi connectivity index (χ0v) is 69.8. The van der Waals surface area contributed by atoms with Gasteiger partial charge in [-0.3, -0.25) is 37.9 Å². The monoisotopic (exact) mass is 1480 g/mol. The maximum absolute atomic E-state index is 13.2. The van der Waals surface area contributed by atoms with Crippen molar-refractivity contribution >= 4 is 57.0 Å². The molecule has 23 nitrogen and oxygen atoms in total. The van der Waals surface area contributed by atoms with Gasteiger partial charge in [0.2, 0.25) is 11.8 Å². The standard InChI is InChI=1S/C73H140N4O19P2.2Na/c1-7-12-17-22-25-28-31-36-39-44-66(79)57-70(81)76-64(59-89-53-49-68(95-63(6)78)46-41-34-20-15-10-4)61-93-97(85,86)91-55-51-74-73(84)75-52-56-92-98(87,88)94-62-65(77-71(82)58-67(80)45-40-37-32-29-26-23-18-13-8-2)60-90-54-50-69(47-42-35-21-16-11-5)96-72(83)48-43-38-33-30-27-24-19-14-9-3;;/h64-65,68-69H,7-62H2,1-6H3,(H,76,81)(H,77,82)(H,85,86)(H,87,88)(H2,74,75,84);;/q;2*+1/p-2/t64-,65-,68+,69+;;/m0../s1. The fraction of sp³-hybridized carbons (Fsp3) is 0.904. The summed E-state index contributed by atoms with van der Waals surface area (Å²) >= 11 is 0. The minimum Gasteiger partial charge on any atom is -0.756 e. The summed E-state index contributed by atoms with van der Waals surface area (Å²) in [5.74, 6) is -2.38. The van der Waals surface area contributed by atoms with Gasteiger partial charge < -0.3 is 68.1 Å². The second kappa shape index (κ2) is 73.2. The molecule has 0 saturated heterocycles. The first-order valence-corrected chi connectivity index (χ1v) is 41.6. The van der Waals surface area contributed by atoms with E-state index in [1.165, 1.54) is 90.4 Å². The summed E-state index contributed by atoms with van der Waals surface area (Å²) < 4.78 is 69.4. The Morgan fingerprint density at radius 2 is 0.660 bits per heavy atom. The molecule has 0 heterocycles. The van der Waals surface area contributed by atoms with Crippen LogP contribution in [0.15, 0.2) is 0 Å². The number of unbranched alkanes of at least 4 members (excludes halogenated alkanes) is 32. The Balaban J connectivity index is -0.0000470. The maximum atomic E-state index is 13.2. The summed E-state index contributed by atoms with van der Waals surface area (Å²) in [7, 11) is -10.1. The molecule has 0 aromatic carbocycles. The van der Waals surface area contributed by atoms with Gasteiger partial charge in [0.25, 0.3) is 15.6 Å². The molecular formula is C73H138N4Na2O19P2. The van der Waals surface area contributed by atoms with Crippen LogP contribution in [0.1, 0.15) is 337 Å². The molecule has 0 rings (SSSR count). The van der Waals surface area contributed by atoms with Gasteiger partial charge in [0.1, 0.15) is 23.8 Å². The molecule has 6 atom stereocenters. The van der Waals surface area contributed by atoms with Gasteiger partial charge in [0.05, 0.1) is 77.8 Å². The number of rotatable bonds is 74. The van der Waals surface area contributed by atoms with Crippen molar-refractivity contribution < 1.29 is 149 Å². The molecule has 576 valence electrons. The van der Waals surface area contributed by atoms with Crippen LogP contribution in [0, 0.1) is 0 Å². The van der Waals surface area contributed by atoms with Crippen molar-refractivity contribution in [2.45, 2.75) is 361 Å². The van der Waals surface area contributed by atoms with Crippen molar-refractivity contribution in [3.63, 3.8) is 0 Å². The van der Waals surface area contributed by atoms with Crippen LogP contribution in [0.4, 0.5) is 4.79 Å². The number of nitrogens with one attached hydrogen (secondary N) is 4. The van der Waals surface area contributed by atoms with Crippen molar-refractivity contribution in [3.8, 4) is 0 Å². The molecule has 0 fully saturated rings. The number of ether oxygens (including phenoxy) is 4. The van der Waals surface area contributed by atoms with Crippen molar-refractivity contribution in [1.29, 1.82) is 0 Å². The van der Waals surface area contributed by atoms with E-state index >= 15 is 0 Å². The summed E-state index contributed by atoms with van der Waals surface area (Å²) in [5.41, 5.74) is 0. The van der Waals surface area contributed by atoms with Gasteiger partial charge in [-0.05, 0) is 44.9 Å². The Morgan fingerprint density at radius 1 is 0.360 bits per heavy atom. The van der Waals surface area contributed by atoms with Crippen LogP contribution in [-0.2, 0) is 74.9 Å². The smallest absolute Gasteiger partial charge is 0.756 e. The summed E-state index contributed by atoms with van der Waals surface area (Å²) in [4.78, 5) is 115. The molecule has 0 saturated carbocycles. The van der Waals surface area contributed by atoms with Gasteiger partial charge in [-0.25, -0.2) is 4.79 Å². The number of ketones is 2. The Hall–Kier alpha value is -1.37. The van der Waals surface area contributed by atoms with Crippen molar-refractivity contribution in [2.75, 3.05) is 65.9 Å². The Labute approximate surface area is 649 Å². The molecule has 0 aliphatic heterocycles. The van der Waals surface area contributed by atoms with E-state index in [1.807, 2.05) is 0 Å². The number of esters is 2. The third-order valence-corrected chi connectivity index (χ3v) is 18.8. The molecule has 0 aliphatic carbocycles. The largest absolute Gasteiger partial charge is 1.00 e. The number of phosphoric acid groups is 2. The van der Waals surface area contributed by atoms with Gasteiger partial charge in [0, 0.05) is 52.1 Å². The van der Waals surface area contributed by atoms with Gasteiger partial charge in [0.15, 0.2) is 0 Å². The van der Waals surface area contributed by atoms with E-state index in [-0.39, 0.29) is 141 Å². The molecule has 0 spiro atoms. The number of carbonyl (C=O) groups is 7. The van der Waals surface area contributed by atoms with Crippen LogP contribution in [0.2, 0.25) is 0 Å². The van der Waals surface area contributed by atoms with Crippen molar-refractivity contribution in [1.82, 2.24) is 21.3 Å². The predicted octanol–water partition coefficient (Wildman–Crippen LogP) is 9.33. The Bertz CT molecular complexity index is 2110. The van der Waals surface area contributed by atoms with E-state index in [2.05, 4.69) is 55.9 Å². The second-order valence-electron chi connectivity index (χ2n) is 26.5. The molecule has 0 radical (unpaired) electrons. The number of phosphoric ester groups is 2. The number of Topliss-reactive ketones (excluding diaryl/α,β-unsaturated/α-hetero) is 2. The Morgan fingerprint density at radius 3 is 0.990 bits per heavy atom. The van der Waals surface area contributed by atoms with Gasteiger partial charge >= 0.3 is 77.1 Å². The number of amides is 4. The zero-order chi connectivity index (χ0) is 72.4. The van der Waals surface area contributed by atoms with Crippen LogP contribution in [0.25, 0.3) is 0 Å². The van der Waals surface area contributed by atoms with Gasteiger partial charge in [-0.15, -0.1) is 0 Å². The van der Waals surface area contributed by atoms with Crippen LogP contribution < -0.4 is 90.2 Å². The molecular weight excluding hydrogens is 1340 g/mol. The van der Waals surface area contributed by atoms with Crippen molar-refractivity contribution in [2.24, 2.45) is 0 Å². The second-order valence-corrected chi connectivity index (χ2v) is 29.3. The molecule has 100 heavy (non-hydrogen) atoms. The molecule has 4 amide bonds. The average molecular weight is 1480 g/mol. The molecule has 27 heteroatoms. The summed E-state index contributed by atoms with van der Waals surface area (Å²) in [5, 5.41) is 10.1. The van der Waals surface area contributed by atoms with E-state index in [0.29, 0.717) is 44.9 Å². The molecule has 0 aromatic heterocycles. The minimum absolute atomic E-state index is 0. The van der Waals surface area contributed by atoms with Crippen LogP contribution >= 0.6 is 15.6 Å². The van der Waals surface area contributed by atoms with E-state index in [9.17, 15) is 52.5 Å². The summed E-state index contributed by atoms with van der Waals surface area (Å²) in [6.45, 7) is 9.07. The zero-order valence-electron chi connectivity index (χ0n) is 64.1. The van der Waals surface area contributed by atoms with Crippen LogP contribution in [-0.4, -0.2) is 132 Å². The molecule has 0 aliphatic rings. The van der Waals surface area contributed by atoms with Crippen molar-refractivity contribution in [3.05, 3.63) is 0 Å². The number of urea groups is 1. The molecule has 2 unspecified atom stereocenters. The molecule has 4 N–H and O–H groups in total. The SMILES string of the molecule is CCCCCCCCCCCC(=O)CC(=O)N[C@@H](COCC[C@@H](CCCCCCC)OC(C)=O)COP(=O)([O-])OCCNC(=O)NCCOP(=O)([O-])OC[C@H](COCC[C@@H](CCCCCCC)OC(=O)CCCCCCCCCCC)NC(=O)CC(=O)CCCCCCCCCCC.[Na+].[Na+]. The van der Waals surface area contributed by atoms with E-state index < -0.39 is 90.8 Å². The number of hydrogen-bond acceptors (Lipinski definition) is 19. The van der Waals surface area contributed by atoms with E-state index in [0.717, 1.165) is 141 Å². The van der Waals surface area contributed by atoms with Gasteiger partial charge in [-0.2, -0.15) is 0 Å². The third kappa shape index (κ3) is 70.9. The minimum atomic E-state index is -5.05. The first-order chi connectivity index (χ1) is 47.3. The maximum Gasteiger partial charge on any atom is 1.00 e. The normalized spacial score (nSPS) is 13.7. The van der Waals surface area contributed by atoms with Crippen LogP contribution in [0.5, 0.6) is 0 Å². The fourth-order valence-electron chi connectivity index (χ4n) is 11.2. The summed E-state index contributed by atoms with van der Waals surface area (Å²) in [6.07, 6.45) is 41.3. The topological polar surface area (TPSA) is 322 Å². The van der Waals surface area contributed by atoms with Gasteiger partial charge in [-0.1, -0.05) is 240 Å². The predicted molar refractivity (Wildman–Crippen MR) is 382 cm³/mol.